The number of aryl methyl sites for hydroxylation is 2. The van der Waals surface area contributed by atoms with Crippen LogP contribution in [-0.2, 0) is 24.1 Å². The van der Waals surface area contributed by atoms with Gasteiger partial charge in [-0.2, -0.15) is 0 Å². The summed E-state index contributed by atoms with van der Waals surface area (Å²) in [6.45, 7) is 2.77. The third kappa shape index (κ3) is 3.79. The highest BCUT2D eigenvalue weighted by Gasteiger charge is 2.11. The average molecular weight is 325 g/mol. The lowest BCUT2D eigenvalue weighted by molar-refractivity contribution is 0.168. The SMILES string of the molecule is CCOC(=O)Nc1ccc(CNc2ccc3c(c2)CCC3)cc1N. The van der Waals surface area contributed by atoms with E-state index in [1.807, 2.05) is 12.1 Å². The molecule has 3 rings (SSSR count). The predicted octanol–water partition coefficient (Wildman–Crippen LogP) is 3.94. The number of anilines is 3. The van der Waals surface area contributed by atoms with Gasteiger partial charge in [0.05, 0.1) is 18.0 Å². The lowest BCUT2D eigenvalue weighted by Gasteiger charge is -2.12. The second-order valence-electron chi connectivity index (χ2n) is 5.96. The van der Waals surface area contributed by atoms with Gasteiger partial charge in [-0.3, -0.25) is 5.32 Å². The number of fused-ring (bicyclic) bond motifs is 1. The second-order valence-corrected chi connectivity index (χ2v) is 5.96. The molecule has 0 atom stereocenters. The van der Waals surface area contributed by atoms with E-state index in [1.165, 1.54) is 30.4 Å². The zero-order chi connectivity index (χ0) is 16.9. The smallest absolute Gasteiger partial charge is 0.411 e. The van der Waals surface area contributed by atoms with Crippen LogP contribution in [0.25, 0.3) is 0 Å². The number of nitrogens with two attached hydrogens (primary N) is 1. The molecule has 1 aliphatic rings. The standard InChI is InChI=1S/C19H23N3O2/c1-2-24-19(23)22-18-9-6-13(10-17(18)20)12-21-16-8-7-14-4-3-5-15(14)11-16/h6-11,21H,2-5,12,20H2,1H3,(H,22,23). The molecule has 24 heavy (non-hydrogen) atoms. The van der Waals surface area contributed by atoms with Gasteiger partial charge in [-0.15, -0.1) is 0 Å². The fourth-order valence-electron chi connectivity index (χ4n) is 3.00. The number of carbonyl (C=O) groups is 1. The maximum atomic E-state index is 11.5. The van der Waals surface area contributed by atoms with Crippen molar-refractivity contribution in [3.8, 4) is 0 Å². The number of hydrogen-bond acceptors (Lipinski definition) is 4. The summed E-state index contributed by atoms with van der Waals surface area (Å²) in [5.74, 6) is 0. The van der Waals surface area contributed by atoms with E-state index in [4.69, 9.17) is 10.5 Å². The van der Waals surface area contributed by atoms with E-state index >= 15 is 0 Å². The van der Waals surface area contributed by atoms with Crippen molar-refractivity contribution in [2.75, 3.05) is 23.0 Å². The molecule has 0 fully saturated rings. The number of nitrogens with one attached hydrogen (secondary N) is 2. The Morgan fingerprint density at radius 1 is 1.17 bits per heavy atom. The Bertz CT molecular complexity index is 743. The quantitative estimate of drug-likeness (QED) is 0.728. The molecule has 0 aromatic heterocycles. The molecule has 0 spiro atoms. The molecular weight excluding hydrogens is 302 g/mol. The topological polar surface area (TPSA) is 76.4 Å². The molecule has 1 amide bonds. The van der Waals surface area contributed by atoms with E-state index in [-0.39, 0.29) is 0 Å². The minimum atomic E-state index is -0.492. The first kappa shape index (κ1) is 16.2. The van der Waals surface area contributed by atoms with Gasteiger partial charge in [-0.1, -0.05) is 12.1 Å². The molecule has 0 saturated heterocycles. The summed E-state index contributed by atoms with van der Waals surface area (Å²) in [7, 11) is 0. The van der Waals surface area contributed by atoms with E-state index in [9.17, 15) is 4.79 Å². The van der Waals surface area contributed by atoms with E-state index in [0.717, 1.165) is 11.3 Å². The van der Waals surface area contributed by atoms with Gasteiger partial charge in [0.25, 0.3) is 0 Å². The van der Waals surface area contributed by atoms with Gasteiger partial charge < -0.3 is 15.8 Å². The predicted molar refractivity (Wildman–Crippen MR) is 97.3 cm³/mol. The molecule has 1 aliphatic carbocycles. The van der Waals surface area contributed by atoms with Gasteiger partial charge in [-0.25, -0.2) is 4.79 Å². The van der Waals surface area contributed by atoms with Gasteiger partial charge in [0.1, 0.15) is 0 Å². The van der Waals surface area contributed by atoms with E-state index in [1.54, 1.807) is 13.0 Å². The minimum absolute atomic E-state index is 0.328. The molecule has 0 aliphatic heterocycles. The van der Waals surface area contributed by atoms with Crippen molar-refractivity contribution >= 4 is 23.2 Å². The van der Waals surface area contributed by atoms with Crippen LogP contribution in [0.3, 0.4) is 0 Å². The van der Waals surface area contributed by atoms with Crippen LogP contribution in [0, 0.1) is 0 Å². The zero-order valence-electron chi connectivity index (χ0n) is 13.9. The first-order valence-electron chi connectivity index (χ1n) is 8.33. The van der Waals surface area contributed by atoms with E-state index in [2.05, 4.69) is 28.8 Å². The van der Waals surface area contributed by atoms with Crippen molar-refractivity contribution < 1.29 is 9.53 Å². The van der Waals surface area contributed by atoms with Crippen molar-refractivity contribution in [1.29, 1.82) is 0 Å². The molecule has 0 bridgehead atoms. The normalized spacial score (nSPS) is 12.5. The number of carbonyl (C=O) groups excluding carboxylic acids is 1. The van der Waals surface area contributed by atoms with Crippen molar-refractivity contribution in [3.63, 3.8) is 0 Å². The van der Waals surface area contributed by atoms with Crippen molar-refractivity contribution in [2.45, 2.75) is 32.7 Å². The first-order valence-corrected chi connectivity index (χ1v) is 8.33. The average Bonchev–Trinajstić information content (AvgIpc) is 3.03. The largest absolute Gasteiger partial charge is 0.450 e. The van der Waals surface area contributed by atoms with Crippen LogP contribution in [-0.4, -0.2) is 12.7 Å². The van der Waals surface area contributed by atoms with Gasteiger partial charge in [0, 0.05) is 12.2 Å². The van der Waals surface area contributed by atoms with Gasteiger partial charge in [-0.05, 0) is 67.1 Å². The molecule has 4 N–H and O–H groups in total. The van der Waals surface area contributed by atoms with Crippen LogP contribution in [0.2, 0.25) is 0 Å². The minimum Gasteiger partial charge on any atom is -0.450 e. The number of rotatable bonds is 5. The molecule has 2 aromatic carbocycles. The summed E-state index contributed by atoms with van der Waals surface area (Å²) >= 11 is 0. The van der Waals surface area contributed by atoms with Crippen LogP contribution in [0.1, 0.15) is 30.0 Å². The van der Waals surface area contributed by atoms with Gasteiger partial charge >= 0.3 is 6.09 Å². The van der Waals surface area contributed by atoms with Crippen molar-refractivity contribution in [3.05, 3.63) is 53.1 Å². The van der Waals surface area contributed by atoms with Crippen LogP contribution in [0.4, 0.5) is 21.9 Å². The number of nitrogen functional groups attached to an aromatic ring is 1. The van der Waals surface area contributed by atoms with Crippen molar-refractivity contribution in [1.82, 2.24) is 0 Å². The van der Waals surface area contributed by atoms with Gasteiger partial charge in [0.2, 0.25) is 0 Å². The highest BCUT2D eigenvalue weighted by atomic mass is 16.5. The van der Waals surface area contributed by atoms with Crippen LogP contribution < -0.4 is 16.4 Å². The van der Waals surface area contributed by atoms with E-state index in [0.29, 0.717) is 24.5 Å². The molecule has 0 radical (unpaired) electrons. The van der Waals surface area contributed by atoms with E-state index < -0.39 is 6.09 Å². The lowest BCUT2D eigenvalue weighted by atomic mass is 10.1. The summed E-state index contributed by atoms with van der Waals surface area (Å²) in [5, 5.41) is 6.06. The molecule has 5 heteroatoms. The Morgan fingerprint density at radius 2 is 2.00 bits per heavy atom. The third-order valence-corrected chi connectivity index (χ3v) is 4.22. The van der Waals surface area contributed by atoms with Crippen LogP contribution in [0.5, 0.6) is 0 Å². The lowest BCUT2D eigenvalue weighted by Crippen LogP contribution is -2.14. The molecule has 126 valence electrons. The Labute approximate surface area is 142 Å². The first-order chi connectivity index (χ1) is 11.7. The summed E-state index contributed by atoms with van der Waals surface area (Å²) in [5.41, 5.74) is 12.2. The highest BCUT2D eigenvalue weighted by molar-refractivity contribution is 5.89. The molecule has 2 aromatic rings. The molecule has 0 unspecified atom stereocenters. The van der Waals surface area contributed by atoms with Crippen molar-refractivity contribution in [2.24, 2.45) is 0 Å². The summed E-state index contributed by atoms with van der Waals surface area (Å²) in [6, 6.07) is 12.2. The zero-order valence-corrected chi connectivity index (χ0v) is 13.9. The highest BCUT2D eigenvalue weighted by Crippen LogP contribution is 2.26. The Hall–Kier alpha value is -2.69. The maximum Gasteiger partial charge on any atom is 0.411 e. The summed E-state index contributed by atoms with van der Waals surface area (Å²) in [4.78, 5) is 11.5. The fraction of sp³-hybridized carbons (Fsp3) is 0.316. The summed E-state index contributed by atoms with van der Waals surface area (Å²) in [6.07, 6.45) is 3.13. The monoisotopic (exact) mass is 325 g/mol. The Morgan fingerprint density at radius 3 is 2.79 bits per heavy atom. The number of amides is 1. The Kier molecular flexibility index (Phi) is 4.89. The third-order valence-electron chi connectivity index (χ3n) is 4.22. The second kappa shape index (κ2) is 7.25. The number of ether oxygens (including phenoxy) is 1. The fourth-order valence-corrected chi connectivity index (χ4v) is 3.00. The maximum absolute atomic E-state index is 11.5. The molecule has 0 heterocycles. The molecular formula is C19H23N3O2. The molecule has 0 saturated carbocycles. The van der Waals surface area contributed by atoms with Crippen LogP contribution in [0.15, 0.2) is 36.4 Å². The number of benzene rings is 2. The number of hydrogen-bond donors (Lipinski definition) is 3. The van der Waals surface area contributed by atoms with Crippen LogP contribution >= 0.6 is 0 Å². The Balaban J connectivity index is 1.61. The molecule has 5 nitrogen and oxygen atoms in total. The summed E-state index contributed by atoms with van der Waals surface area (Å²) < 4.78 is 4.85. The van der Waals surface area contributed by atoms with Gasteiger partial charge in [0.15, 0.2) is 0 Å².